The Morgan fingerprint density at radius 2 is 2.08 bits per heavy atom. The molecule has 5 nitrogen and oxygen atoms in total. The second kappa shape index (κ2) is 7.45. The average Bonchev–Trinajstić information content (AvgIpc) is 2.98. The summed E-state index contributed by atoms with van der Waals surface area (Å²) in [6.45, 7) is 1.04. The van der Waals surface area contributed by atoms with E-state index in [9.17, 15) is 9.59 Å². The van der Waals surface area contributed by atoms with Crippen LogP contribution in [0.2, 0.25) is 5.02 Å². The third-order valence-electron chi connectivity index (χ3n) is 4.10. The third kappa shape index (κ3) is 3.74. The van der Waals surface area contributed by atoms with Crippen LogP contribution in [0.15, 0.2) is 48.8 Å². The molecule has 1 aliphatic heterocycles. The number of aromatic nitrogens is 1. The number of pyridine rings is 1. The predicted molar refractivity (Wildman–Crippen MR) is 92.9 cm³/mol. The number of nitrogens with one attached hydrogen (secondary N) is 1. The maximum atomic E-state index is 12.5. The molecule has 124 valence electrons. The van der Waals surface area contributed by atoms with Gasteiger partial charge in [0.25, 0.3) is 0 Å². The van der Waals surface area contributed by atoms with Gasteiger partial charge in [-0.3, -0.25) is 14.6 Å². The maximum absolute atomic E-state index is 12.5. The van der Waals surface area contributed by atoms with Gasteiger partial charge in [-0.1, -0.05) is 17.7 Å². The van der Waals surface area contributed by atoms with Gasteiger partial charge in [0.2, 0.25) is 11.8 Å². The highest BCUT2D eigenvalue weighted by atomic mass is 35.5. The first kappa shape index (κ1) is 16.5. The summed E-state index contributed by atoms with van der Waals surface area (Å²) in [5.41, 5.74) is 1.83. The van der Waals surface area contributed by atoms with Crippen molar-refractivity contribution in [2.24, 2.45) is 5.92 Å². The number of benzene rings is 1. The molecular weight excluding hydrogens is 326 g/mol. The van der Waals surface area contributed by atoms with E-state index in [4.69, 9.17) is 11.6 Å². The van der Waals surface area contributed by atoms with Crippen molar-refractivity contribution < 1.29 is 9.59 Å². The summed E-state index contributed by atoms with van der Waals surface area (Å²) in [5, 5.41) is 3.47. The highest BCUT2D eigenvalue weighted by Gasteiger charge is 2.37. The van der Waals surface area contributed by atoms with E-state index in [2.05, 4.69) is 10.3 Å². The SMILES string of the molecule is O=C(NCCc1cccnc1)C1CCN(c2ccc(Cl)cc2)C1=O. The molecule has 1 N–H and O–H groups in total. The van der Waals surface area contributed by atoms with Crippen molar-refractivity contribution >= 4 is 29.1 Å². The zero-order valence-electron chi connectivity index (χ0n) is 13.1. The van der Waals surface area contributed by atoms with Crippen LogP contribution in [0, 0.1) is 5.92 Å². The maximum Gasteiger partial charge on any atom is 0.239 e. The Bertz CT molecular complexity index is 719. The molecule has 2 amide bonds. The number of carbonyl (C=O) groups is 2. The van der Waals surface area contributed by atoms with Crippen molar-refractivity contribution in [3.63, 3.8) is 0 Å². The summed E-state index contributed by atoms with van der Waals surface area (Å²) < 4.78 is 0. The fourth-order valence-electron chi connectivity index (χ4n) is 2.80. The van der Waals surface area contributed by atoms with Gasteiger partial charge in [-0.05, 0) is 48.7 Å². The van der Waals surface area contributed by atoms with Gasteiger partial charge < -0.3 is 10.2 Å². The lowest BCUT2D eigenvalue weighted by atomic mass is 10.1. The molecule has 24 heavy (non-hydrogen) atoms. The van der Waals surface area contributed by atoms with Crippen molar-refractivity contribution in [3.05, 3.63) is 59.4 Å². The molecule has 1 fully saturated rings. The van der Waals surface area contributed by atoms with Crippen molar-refractivity contribution in [2.75, 3.05) is 18.0 Å². The van der Waals surface area contributed by atoms with Crippen LogP contribution in [0.4, 0.5) is 5.69 Å². The van der Waals surface area contributed by atoms with Crippen LogP contribution in [-0.4, -0.2) is 29.9 Å². The monoisotopic (exact) mass is 343 g/mol. The van der Waals surface area contributed by atoms with Gasteiger partial charge in [0.05, 0.1) is 0 Å². The normalized spacial score (nSPS) is 17.1. The molecule has 1 saturated heterocycles. The Morgan fingerprint density at radius 1 is 1.29 bits per heavy atom. The average molecular weight is 344 g/mol. The fourth-order valence-corrected chi connectivity index (χ4v) is 2.93. The van der Waals surface area contributed by atoms with Gasteiger partial charge in [0.1, 0.15) is 5.92 Å². The second-order valence-electron chi connectivity index (χ2n) is 5.71. The van der Waals surface area contributed by atoms with Crippen LogP contribution in [-0.2, 0) is 16.0 Å². The lowest BCUT2D eigenvalue weighted by molar-refractivity contribution is -0.132. The Morgan fingerprint density at radius 3 is 2.79 bits per heavy atom. The summed E-state index contributed by atoms with van der Waals surface area (Å²) in [4.78, 5) is 30.4. The molecule has 0 saturated carbocycles. The largest absolute Gasteiger partial charge is 0.355 e. The van der Waals surface area contributed by atoms with Crippen LogP contribution in [0.1, 0.15) is 12.0 Å². The highest BCUT2D eigenvalue weighted by molar-refractivity contribution is 6.30. The van der Waals surface area contributed by atoms with Gasteiger partial charge in [0.15, 0.2) is 0 Å². The lowest BCUT2D eigenvalue weighted by Crippen LogP contribution is -2.37. The van der Waals surface area contributed by atoms with Crippen molar-refractivity contribution in [1.82, 2.24) is 10.3 Å². The van der Waals surface area contributed by atoms with Crippen LogP contribution in [0.25, 0.3) is 0 Å². The van der Waals surface area contributed by atoms with E-state index in [1.165, 1.54) is 0 Å². The summed E-state index contributed by atoms with van der Waals surface area (Å²) >= 11 is 5.87. The topological polar surface area (TPSA) is 62.3 Å². The molecule has 1 aromatic heterocycles. The first-order valence-electron chi connectivity index (χ1n) is 7.89. The van der Waals surface area contributed by atoms with E-state index in [1.54, 1.807) is 41.6 Å². The quantitative estimate of drug-likeness (QED) is 0.848. The molecule has 0 radical (unpaired) electrons. The summed E-state index contributed by atoms with van der Waals surface area (Å²) in [6, 6.07) is 10.9. The van der Waals surface area contributed by atoms with Gasteiger partial charge in [-0.15, -0.1) is 0 Å². The molecule has 0 bridgehead atoms. The zero-order chi connectivity index (χ0) is 16.9. The fraction of sp³-hybridized carbons (Fsp3) is 0.278. The number of amides is 2. The molecule has 1 aromatic carbocycles. The molecule has 1 aliphatic rings. The molecule has 0 aliphatic carbocycles. The van der Waals surface area contributed by atoms with Gasteiger partial charge >= 0.3 is 0 Å². The number of hydrogen-bond acceptors (Lipinski definition) is 3. The number of hydrogen-bond donors (Lipinski definition) is 1. The number of anilines is 1. The Hall–Kier alpha value is -2.40. The van der Waals surface area contributed by atoms with Gasteiger partial charge in [0, 0.05) is 36.2 Å². The van der Waals surface area contributed by atoms with Crippen molar-refractivity contribution in [1.29, 1.82) is 0 Å². The summed E-state index contributed by atoms with van der Waals surface area (Å²) in [5.74, 6) is -0.980. The smallest absolute Gasteiger partial charge is 0.239 e. The van der Waals surface area contributed by atoms with Crippen LogP contribution in [0.3, 0.4) is 0 Å². The van der Waals surface area contributed by atoms with E-state index in [0.29, 0.717) is 31.0 Å². The van der Waals surface area contributed by atoms with Gasteiger partial charge in [-0.2, -0.15) is 0 Å². The minimum atomic E-state index is -0.616. The van der Waals surface area contributed by atoms with Crippen molar-refractivity contribution in [2.45, 2.75) is 12.8 Å². The molecule has 1 unspecified atom stereocenters. The molecule has 2 aromatic rings. The molecular formula is C18H18ClN3O2. The Balaban J connectivity index is 1.54. The van der Waals surface area contributed by atoms with E-state index < -0.39 is 5.92 Å². The minimum absolute atomic E-state index is 0.156. The zero-order valence-corrected chi connectivity index (χ0v) is 13.9. The van der Waals surface area contributed by atoms with E-state index >= 15 is 0 Å². The Kier molecular flexibility index (Phi) is 5.11. The number of carbonyl (C=O) groups excluding carboxylic acids is 2. The van der Waals surface area contributed by atoms with E-state index in [-0.39, 0.29) is 11.8 Å². The lowest BCUT2D eigenvalue weighted by Gasteiger charge is -2.16. The molecule has 6 heteroatoms. The van der Waals surface area contributed by atoms with E-state index in [1.807, 2.05) is 12.1 Å². The minimum Gasteiger partial charge on any atom is -0.355 e. The first-order chi connectivity index (χ1) is 11.6. The second-order valence-corrected chi connectivity index (χ2v) is 6.15. The Labute approximate surface area is 145 Å². The summed E-state index contributed by atoms with van der Waals surface area (Å²) in [7, 11) is 0. The molecule has 2 heterocycles. The van der Waals surface area contributed by atoms with Crippen LogP contribution >= 0.6 is 11.6 Å². The van der Waals surface area contributed by atoms with Crippen LogP contribution in [0.5, 0.6) is 0 Å². The van der Waals surface area contributed by atoms with Crippen LogP contribution < -0.4 is 10.2 Å². The molecule has 0 spiro atoms. The van der Waals surface area contributed by atoms with Gasteiger partial charge in [-0.25, -0.2) is 0 Å². The van der Waals surface area contributed by atoms with Crippen molar-refractivity contribution in [3.8, 4) is 0 Å². The summed E-state index contributed by atoms with van der Waals surface area (Å²) in [6.07, 6.45) is 4.71. The third-order valence-corrected chi connectivity index (χ3v) is 4.35. The number of rotatable bonds is 5. The molecule has 1 atom stereocenters. The predicted octanol–water partition coefficient (Wildman–Crippen LogP) is 2.45. The first-order valence-corrected chi connectivity index (χ1v) is 8.26. The number of nitrogens with zero attached hydrogens (tertiary/aromatic N) is 2. The number of halogens is 1. The molecule has 3 rings (SSSR count). The van der Waals surface area contributed by atoms with E-state index in [0.717, 1.165) is 11.3 Å². The highest BCUT2D eigenvalue weighted by Crippen LogP contribution is 2.26. The standard InChI is InChI=1S/C18H18ClN3O2/c19-14-3-5-15(6-4-14)22-11-8-16(18(22)24)17(23)21-10-7-13-2-1-9-20-12-13/h1-6,9,12,16H,7-8,10-11H2,(H,21,23).